The van der Waals surface area contributed by atoms with Crippen molar-refractivity contribution in [1.29, 1.82) is 0 Å². The van der Waals surface area contributed by atoms with E-state index in [0.717, 1.165) is 19.3 Å². The zero-order chi connectivity index (χ0) is 13.1. The van der Waals surface area contributed by atoms with Crippen LogP contribution in [-0.2, 0) is 4.74 Å². The summed E-state index contributed by atoms with van der Waals surface area (Å²) in [6.07, 6.45) is 4.22. The summed E-state index contributed by atoms with van der Waals surface area (Å²) >= 11 is 0. The van der Waals surface area contributed by atoms with Crippen molar-refractivity contribution < 1.29 is 13.9 Å². The summed E-state index contributed by atoms with van der Waals surface area (Å²) in [6.45, 7) is 3.83. The Morgan fingerprint density at radius 2 is 2.17 bits per heavy atom. The lowest BCUT2D eigenvalue weighted by atomic mass is 9.89. The molecular formula is C15H19FO2. The number of esters is 1. The minimum Gasteiger partial charge on any atom is -0.459 e. The molecule has 0 radical (unpaired) electrons. The van der Waals surface area contributed by atoms with E-state index in [9.17, 15) is 9.18 Å². The highest BCUT2D eigenvalue weighted by Crippen LogP contribution is 2.26. The number of aryl methyl sites for hydroxylation is 1. The first-order valence-corrected chi connectivity index (χ1v) is 6.53. The largest absolute Gasteiger partial charge is 0.459 e. The highest BCUT2D eigenvalue weighted by Gasteiger charge is 2.22. The molecule has 0 aromatic heterocycles. The molecule has 0 N–H and O–H groups in total. The predicted molar refractivity (Wildman–Crippen MR) is 68.0 cm³/mol. The summed E-state index contributed by atoms with van der Waals surface area (Å²) in [5, 5.41) is 0. The van der Waals surface area contributed by atoms with Crippen LogP contribution in [0.1, 0.15) is 48.5 Å². The molecule has 0 amide bonds. The summed E-state index contributed by atoms with van der Waals surface area (Å²) in [5.74, 6) is -0.0125. The maximum atomic E-state index is 13.1. The Labute approximate surface area is 107 Å². The monoisotopic (exact) mass is 250 g/mol. The van der Waals surface area contributed by atoms with E-state index in [1.54, 1.807) is 13.0 Å². The molecule has 1 saturated carbocycles. The SMILES string of the molecule is Cc1cc(C(=O)OC2CCCC(C)C2)ccc1F. The molecule has 0 heterocycles. The smallest absolute Gasteiger partial charge is 0.338 e. The molecular weight excluding hydrogens is 231 g/mol. The van der Waals surface area contributed by atoms with Crippen molar-refractivity contribution in [3.63, 3.8) is 0 Å². The summed E-state index contributed by atoms with van der Waals surface area (Å²) in [7, 11) is 0. The van der Waals surface area contributed by atoms with Gasteiger partial charge in [0, 0.05) is 0 Å². The van der Waals surface area contributed by atoms with E-state index < -0.39 is 0 Å². The molecule has 0 saturated heterocycles. The molecule has 0 aliphatic heterocycles. The van der Waals surface area contributed by atoms with Crippen molar-refractivity contribution in [2.75, 3.05) is 0 Å². The number of halogens is 1. The zero-order valence-electron chi connectivity index (χ0n) is 10.9. The van der Waals surface area contributed by atoms with Crippen LogP contribution in [0.2, 0.25) is 0 Å². The summed E-state index contributed by atoms with van der Waals surface area (Å²) in [5.41, 5.74) is 0.911. The Hall–Kier alpha value is -1.38. The minimum atomic E-state index is -0.336. The van der Waals surface area contributed by atoms with E-state index in [0.29, 0.717) is 17.0 Å². The highest BCUT2D eigenvalue weighted by molar-refractivity contribution is 5.89. The van der Waals surface area contributed by atoms with Crippen molar-refractivity contribution in [2.24, 2.45) is 5.92 Å². The van der Waals surface area contributed by atoms with Gasteiger partial charge in [-0.3, -0.25) is 0 Å². The average molecular weight is 250 g/mol. The fourth-order valence-corrected chi connectivity index (χ4v) is 2.48. The molecule has 2 nitrogen and oxygen atoms in total. The van der Waals surface area contributed by atoms with Crippen LogP contribution in [0.15, 0.2) is 18.2 Å². The van der Waals surface area contributed by atoms with Gasteiger partial charge in [0.2, 0.25) is 0 Å². The second-order valence-electron chi connectivity index (χ2n) is 5.26. The lowest BCUT2D eigenvalue weighted by Gasteiger charge is -2.26. The molecule has 1 aromatic rings. The molecule has 18 heavy (non-hydrogen) atoms. The Balaban J connectivity index is 2.00. The molecule has 1 aliphatic rings. The van der Waals surface area contributed by atoms with Gasteiger partial charge in [0.05, 0.1) is 5.56 Å². The van der Waals surface area contributed by atoms with E-state index in [1.165, 1.54) is 18.6 Å². The van der Waals surface area contributed by atoms with Gasteiger partial charge >= 0.3 is 5.97 Å². The zero-order valence-corrected chi connectivity index (χ0v) is 10.9. The lowest BCUT2D eigenvalue weighted by Crippen LogP contribution is -2.24. The van der Waals surface area contributed by atoms with Crippen molar-refractivity contribution in [1.82, 2.24) is 0 Å². The van der Waals surface area contributed by atoms with Gasteiger partial charge in [-0.25, -0.2) is 9.18 Å². The minimum absolute atomic E-state index is 0.0200. The quantitative estimate of drug-likeness (QED) is 0.745. The number of ether oxygens (including phenoxy) is 1. The van der Waals surface area contributed by atoms with Crippen molar-refractivity contribution in [3.8, 4) is 0 Å². The predicted octanol–water partition coefficient (Wildman–Crippen LogP) is 3.87. The third kappa shape index (κ3) is 3.09. The van der Waals surface area contributed by atoms with Gasteiger partial charge in [-0.05, 0) is 55.9 Å². The van der Waals surface area contributed by atoms with Gasteiger partial charge in [0.15, 0.2) is 0 Å². The van der Waals surface area contributed by atoms with Gasteiger partial charge < -0.3 is 4.74 Å². The summed E-state index contributed by atoms with van der Waals surface area (Å²) < 4.78 is 18.6. The standard InChI is InChI=1S/C15H19FO2/c1-10-4-3-5-13(8-10)18-15(17)12-6-7-14(16)11(2)9-12/h6-7,9-10,13H,3-5,8H2,1-2H3. The number of carbonyl (C=O) groups excluding carboxylic acids is 1. The lowest BCUT2D eigenvalue weighted by molar-refractivity contribution is 0.0155. The number of hydrogen-bond acceptors (Lipinski definition) is 2. The first kappa shape index (κ1) is 13.1. The first-order valence-electron chi connectivity index (χ1n) is 6.53. The van der Waals surface area contributed by atoms with Crippen LogP contribution in [0.25, 0.3) is 0 Å². The van der Waals surface area contributed by atoms with Crippen LogP contribution in [-0.4, -0.2) is 12.1 Å². The third-order valence-corrected chi connectivity index (χ3v) is 3.56. The van der Waals surface area contributed by atoms with Crippen molar-refractivity contribution >= 4 is 5.97 Å². The van der Waals surface area contributed by atoms with E-state index in [4.69, 9.17) is 4.74 Å². The Kier molecular flexibility index (Phi) is 4.00. The molecule has 2 atom stereocenters. The molecule has 2 rings (SSSR count). The fourth-order valence-electron chi connectivity index (χ4n) is 2.48. The van der Waals surface area contributed by atoms with Crippen molar-refractivity contribution in [2.45, 2.75) is 45.6 Å². The Bertz CT molecular complexity index is 442. The van der Waals surface area contributed by atoms with E-state index in [2.05, 4.69) is 6.92 Å². The van der Waals surface area contributed by atoms with Gasteiger partial charge in [0.1, 0.15) is 11.9 Å². The molecule has 1 aromatic carbocycles. The molecule has 0 spiro atoms. The maximum absolute atomic E-state index is 13.1. The molecule has 98 valence electrons. The number of hydrogen-bond donors (Lipinski definition) is 0. The van der Waals surface area contributed by atoms with Gasteiger partial charge in [-0.15, -0.1) is 0 Å². The Morgan fingerprint density at radius 1 is 1.39 bits per heavy atom. The number of rotatable bonds is 2. The topological polar surface area (TPSA) is 26.3 Å². The van der Waals surface area contributed by atoms with Gasteiger partial charge in [-0.1, -0.05) is 13.3 Å². The third-order valence-electron chi connectivity index (χ3n) is 3.56. The second-order valence-corrected chi connectivity index (χ2v) is 5.26. The molecule has 1 fully saturated rings. The van der Waals surface area contributed by atoms with Crippen molar-refractivity contribution in [3.05, 3.63) is 35.1 Å². The van der Waals surface area contributed by atoms with E-state index in [1.807, 2.05) is 0 Å². The van der Waals surface area contributed by atoms with Crippen LogP contribution in [0.3, 0.4) is 0 Å². The summed E-state index contributed by atoms with van der Waals surface area (Å²) in [6, 6.07) is 4.34. The van der Waals surface area contributed by atoms with Crippen LogP contribution in [0.5, 0.6) is 0 Å². The average Bonchev–Trinajstić information content (AvgIpc) is 2.32. The normalized spacial score (nSPS) is 23.7. The van der Waals surface area contributed by atoms with E-state index >= 15 is 0 Å². The van der Waals surface area contributed by atoms with Crippen LogP contribution in [0, 0.1) is 18.7 Å². The van der Waals surface area contributed by atoms with Crippen LogP contribution < -0.4 is 0 Å². The highest BCUT2D eigenvalue weighted by atomic mass is 19.1. The molecule has 3 heteroatoms. The maximum Gasteiger partial charge on any atom is 0.338 e. The molecule has 2 unspecified atom stereocenters. The second kappa shape index (κ2) is 5.51. The fraction of sp³-hybridized carbons (Fsp3) is 0.533. The summed E-state index contributed by atoms with van der Waals surface area (Å²) in [4.78, 5) is 11.9. The van der Waals surface area contributed by atoms with Crippen LogP contribution in [0.4, 0.5) is 4.39 Å². The first-order chi connectivity index (χ1) is 8.56. The Morgan fingerprint density at radius 3 is 2.83 bits per heavy atom. The molecule has 0 bridgehead atoms. The molecule has 1 aliphatic carbocycles. The number of carbonyl (C=O) groups is 1. The van der Waals surface area contributed by atoms with Gasteiger partial charge in [-0.2, -0.15) is 0 Å². The number of benzene rings is 1. The van der Waals surface area contributed by atoms with Gasteiger partial charge in [0.25, 0.3) is 0 Å². The van der Waals surface area contributed by atoms with E-state index in [-0.39, 0.29) is 17.9 Å². The van der Waals surface area contributed by atoms with Crippen LogP contribution >= 0.6 is 0 Å².